The summed E-state index contributed by atoms with van der Waals surface area (Å²) in [5.41, 5.74) is 4.38. The first kappa shape index (κ1) is 16.2. The van der Waals surface area contributed by atoms with E-state index in [9.17, 15) is 17.3 Å². The molecule has 14 heavy (non-hydrogen) atoms. The van der Waals surface area contributed by atoms with Crippen molar-refractivity contribution in [2.24, 2.45) is 5.92 Å². The average molecular weight is 217 g/mol. The number of quaternary nitrogens is 1. The lowest BCUT2D eigenvalue weighted by molar-refractivity contribution is -0.480. The summed E-state index contributed by atoms with van der Waals surface area (Å²) in [6.45, 7) is 8.90. The molecule has 0 heterocycles. The second-order valence-electron chi connectivity index (χ2n) is 4.00. The number of halogens is 4. The van der Waals surface area contributed by atoms with Crippen LogP contribution < -0.4 is 5.73 Å². The van der Waals surface area contributed by atoms with E-state index in [0.717, 1.165) is 5.92 Å². The minimum atomic E-state index is -6.00. The predicted octanol–water partition coefficient (Wildman–Crippen LogP) is 2.74. The zero-order valence-corrected chi connectivity index (χ0v) is 9.29. The van der Waals surface area contributed by atoms with Crippen LogP contribution in [0.4, 0.5) is 17.3 Å². The second-order valence-corrected chi connectivity index (χ2v) is 4.00. The van der Waals surface area contributed by atoms with Crippen LogP contribution in [0.15, 0.2) is 0 Å². The zero-order chi connectivity index (χ0) is 12.0. The standard InChI is InChI=1S/C8H19N.BF4/c1-5-7(6-2)8(3,4)9;2-1(3,4)5/h7H,5-6,9H2,1-4H3;/q;-1/p+1. The third-order valence-corrected chi connectivity index (χ3v) is 2.09. The smallest absolute Gasteiger partial charge is 0.418 e. The molecule has 0 unspecified atom stereocenters. The summed E-state index contributed by atoms with van der Waals surface area (Å²) in [5.74, 6) is 0.789. The van der Waals surface area contributed by atoms with Gasteiger partial charge in [0.25, 0.3) is 0 Å². The molecule has 0 aliphatic rings. The molecule has 0 aromatic carbocycles. The van der Waals surface area contributed by atoms with Crippen molar-refractivity contribution in [3.8, 4) is 0 Å². The Labute approximate surface area is 83.2 Å². The van der Waals surface area contributed by atoms with Crippen molar-refractivity contribution in [1.29, 1.82) is 0 Å². The predicted molar refractivity (Wildman–Crippen MR) is 51.2 cm³/mol. The summed E-state index contributed by atoms with van der Waals surface area (Å²) in [7, 11) is -6.00. The fraction of sp³-hybridized carbons (Fsp3) is 1.00. The molecule has 0 aliphatic carbocycles. The summed E-state index contributed by atoms with van der Waals surface area (Å²) in [6.07, 6.45) is 2.51. The molecule has 1 nitrogen and oxygen atoms in total. The van der Waals surface area contributed by atoms with E-state index < -0.39 is 7.25 Å². The van der Waals surface area contributed by atoms with Crippen LogP contribution in [0, 0.1) is 5.92 Å². The Morgan fingerprint density at radius 1 is 1.07 bits per heavy atom. The molecule has 0 rings (SSSR count). The molecule has 0 spiro atoms. The normalized spacial score (nSPS) is 12.4. The fourth-order valence-electron chi connectivity index (χ4n) is 1.39. The Kier molecular flexibility index (Phi) is 7.25. The number of rotatable bonds is 3. The fourth-order valence-corrected chi connectivity index (χ4v) is 1.39. The van der Waals surface area contributed by atoms with E-state index >= 15 is 0 Å². The lowest BCUT2D eigenvalue weighted by Gasteiger charge is -2.24. The molecule has 0 fully saturated rings. The van der Waals surface area contributed by atoms with Crippen LogP contribution in [-0.2, 0) is 0 Å². The second kappa shape index (κ2) is 6.27. The molecule has 6 heteroatoms. The van der Waals surface area contributed by atoms with E-state index in [1.807, 2.05) is 0 Å². The highest BCUT2D eigenvalue weighted by Crippen LogP contribution is 2.18. The third-order valence-electron chi connectivity index (χ3n) is 2.09. The van der Waals surface area contributed by atoms with Gasteiger partial charge >= 0.3 is 7.25 Å². The first-order chi connectivity index (χ1) is 6.02. The largest absolute Gasteiger partial charge is 0.673 e. The molecule has 0 aromatic rings. The molecular formula is C8H20BF4N. The van der Waals surface area contributed by atoms with E-state index in [4.69, 9.17) is 0 Å². The maximum Gasteiger partial charge on any atom is 0.673 e. The molecule has 0 saturated carbocycles. The van der Waals surface area contributed by atoms with Gasteiger partial charge in [-0.05, 0) is 26.7 Å². The van der Waals surface area contributed by atoms with Gasteiger partial charge in [0.2, 0.25) is 0 Å². The summed E-state index contributed by atoms with van der Waals surface area (Å²) in [6, 6.07) is 0. The first-order valence-electron chi connectivity index (χ1n) is 4.75. The van der Waals surface area contributed by atoms with Crippen LogP contribution in [0.25, 0.3) is 0 Å². The highest BCUT2D eigenvalue weighted by atomic mass is 19.5. The highest BCUT2D eigenvalue weighted by Gasteiger charge is 2.24. The molecular weight excluding hydrogens is 197 g/mol. The minimum absolute atomic E-state index is 0.267. The summed E-state index contributed by atoms with van der Waals surface area (Å²) in [4.78, 5) is 0. The lowest BCUT2D eigenvalue weighted by atomic mass is 9.84. The van der Waals surface area contributed by atoms with Gasteiger partial charge in [-0.3, -0.25) is 0 Å². The maximum absolute atomic E-state index is 9.75. The lowest BCUT2D eigenvalue weighted by Crippen LogP contribution is -2.72. The van der Waals surface area contributed by atoms with Crippen LogP contribution in [0.1, 0.15) is 40.5 Å². The van der Waals surface area contributed by atoms with Crippen LogP contribution in [0.5, 0.6) is 0 Å². The van der Waals surface area contributed by atoms with E-state index in [1.54, 1.807) is 0 Å². The van der Waals surface area contributed by atoms with Crippen molar-refractivity contribution in [3.63, 3.8) is 0 Å². The maximum atomic E-state index is 9.75. The van der Waals surface area contributed by atoms with Crippen molar-refractivity contribution >= 4 is 7.25 Å². The Hall–Kier alpha value is -0.255. The Balaban J connectivity index is 0. The van der Waals surface area contributed by atoms with Crippen LogP contribution in [0.3, 0.4) is 0 Å². The van der Waals surface area contributed by atoms with Gasteiger partial charge in [0.15, 0.2) is 0 Å². The third kappa shape index (κ3) is 14.3. The molecule has 3 N–H and O–H groups in total. The molecule has 0 aliphatic heterocycles. The molecule has 88 valence electrons. The minimum Gasteiger partial charge on any atom is -0.418 e. The summed E-state index contributed by atoms with van der Waals surface area (Å²) >= 11 is 0. The van der Waals surface area contributed by atoms with Gasteiger partial charge in [-0.25, -0.2) is 0 Å². The molecule has 0 bridgehead atoms. The van der Waals surface area contributed by atoms with Gasteiger partial charge in [0.05, 0.1) is 5.54 Å². The van der Waals surface area contributed by atoms with Gasteiger partial charge in [-0.1, -0.05) is 13.8 Å². The van der Waals surface area contributed by atoms with E-state index in [0.29, 0.717) is 0 Å². The zero-order valence-electron chi connectivity index (χ0n) is 9.29. The quantitative estimate of drug-likeness (QED) is 0.556. The number of hydrogen-bond acceptors (Lipinski definition) is 0. The Morgan fingerprint density at radius 3 is 1.29 bits per heavy atom. The monoisotopic (exact) mass is 217 g/mol. The Morgan fingerprint density at radius 2 is 1.29 bits per heavy atom. The van der Waals surface area contributed by atoms with Gasteiger partial charge in [-0.2, -0.15) is 0 Å². The van der Waals surface area contributed by atoms with Crippen molar-refractivity contribution < 1.29 is 23.0 Å². The van der Waals surface area contributed by atoms with Gasteiger partial charge < -0.3 is 23.0 Å². The SMILES string of the molecule is CCC(CC)C(C)(C)[NH3+].F[B-](F)(F)F. The van der Waals surface area contributed by atoms with Crippen LogP contribution in [0.2, 0.25) is 0 Å². The molecule has 0 aromatic heterocycles. The van der Waals surface area contributed by atoms with Gasteiger partial charge in [0, 0.05) is 5.92 Å². The van der Waals surface area contributed by atoms with Gasteiger partial charge in [-0.15, -0.1) is 0 Å². The first-order valence-corrected chi connectivity index (χ1v) is 4.75. The van der Waals surface area contributed by atoms with E-state index in [2.05, 4.69) is 33.4 Å². The van der Waals surface area contributed by atoms with Crippen molar-refractivity contribution in [2.45, 2.75) is 46.1 Å². The average Bonchev–Trinajstić information content (AvgIpc) is 1.82. The number of hydrogen-bond donors (Lipinski definition) is 1. The highest BCUT2D eigenvalue weighted by molar-refractivity contribution is 6.50. The molecule has 0 saturated heterocycles. The van der Waals surface area contributed by atoms with E-state index in [-0.39, 0.29) is 5.54 Å². The molecule has 0 atom stereocenters. The summed E-state index contributed by atoms with van der Waals surface area (Å²) < 4.78 is 39.0. The van der Waals surface area contributed by atoms with Crippen LogP contribution >= 0.6 is 0 Å². The van der Waals surface area contributed by atoms with Crippen molar-refractivity contribution in [2.75, 3.05) is 0 Å². The summed E-state index contributed by atoms with van der Waals surface area (Å²) in [5, 5.41) is 0. The Bertz CT molecular complexity index is 131. The van der Waals surface area contributed by atoms with E-state index in [1.165, 1.54) is 12.8 Å². The van der Waals surface area contributed by atoms with Crippen molar-refractivity contribution in [1.82, 2.24) is 0 Å². The molecule has 0 radical (unpaired) electrons. The van der Waals surface area contributed by atoms with Crippen LogP contribution in [-0.4, -0.2) is 12.8 Å². The molecule has 0 amide bonds. The van der Waals surface area contributed by atoms with Crippen molar-refractivity contribution in [3.05, 3.63) is 0 Å². The topological polar surface area (TPSA) is 27.6 Å². The van der Waals surface area contributed by atoms with Gasteiger partial charge in [0.1, 0.15) is 0 Å².